The predicted octanol–water partition coefficient (Wildman–Crippen LogP) is 3.39. The molecule has 1 saturated carbocycles. The van der Waals surface area contributed by atoms with Gasteiger partial charge in [0.15, 0.2) is 0 Å². The van der Waals surface area contributed by atoms with E-state index in [4.69, 9.17) is 4.74 Å². The fourth-order valence-corrected chi connectivity index (χ4v) is 3.12. The molecule has 0 saturated heterocycles. The highest BCUT2D eigenvalue weighted by molar-refractivity contribution is 5.99. The van der Waals surface area contributed by atoms with Gasteiger partial charge in [0, 0.05) is 11.6 Å². The van der Waals surface area contributed by atoms with Crippen LogP contribution < -0.4 is 10.1 Å². The molecular weight excluding hydrogens is 290 g/mol. The standard InChI is InChI=1S/C18H23N3O2/c1-12-6-8-14(9-7-12)20-18(22)16-11-19-21-17(16)13-4-3-5-15(10-13)23-2/h3-5,10-12,14H,6-9H2,1-2H3,(H,19,21)(H,20,22). The van der Waals surface area contributed by atoms with E-state index >= 15 is 0 Å². The summed E-state index contributed by atoms with van der Waals surface area (Å²) in [7, 11) is 1.63. The first kappa shape index (κ1) is 15.6. The van der Waals surface area contributed by atoms with Crippen LogP contribution in [0, 0.1) is 5.92 Å². The fourth-order valence-electron chi connectivity index (χ4n) is 3.12. The topological polar surface area (TPSA) is 67.0 Å². The van der Waals surface area contributed by atoms with Crippen molar-refractivity contribution < 1.29 is 9.53 Å². The van der Waals surface area contributed by atoms with Crippen molar-refractivity contribution in [3.8, 4) is 17.0 Å². The number of carbonyl (C=O) groups is 1. The molecule has 1 aromatic carbocycles. The highest BCUT2D eigenvalue weighted by atomic mass is 16.5. The third-order valence-corrected chi connectivity index (χ3v) is 4.59. The Kier molecular flexibility index (Phi) is 4.65. The lowest BCUT2D eigenvalue weighted by Gasteiger charge is -2.26. The number of carbonyl (C=O) groups excluding carboxylic acids is 1. The lowest BCUT2D eigenvalue weighted by atomic mass is 9.87. The van der Waals surface area contributed by atoms with Gasteiger partial charge in [-0.3, -0.25) is 9.89 Å². The predicted molar refractivity (Wildman–Crippen MR) is 89.5 cm³/mol. The molecule has 5 heteroatoms. The molecule has 5 nitrogen and oxygen atoms in total. The number of methoxy groups -OCH3 is 1. The summed E-state index contributed by atoms with van der Waals surface area (Å²) >= 11 is 0. The molecule has 0 atom stereocenters. The van der Waals surface area contributed by atoms with Crippen LogP contribution in [0.5, 0.6) is 5.75 Å². The summed E-state index contributed by atoms with van der Waals surface area (Å²) < 4.78 is 5.25. The molecule has 1 aromatic heterocycles. The zero-order valence-electron chi connectivity index (χ0n) is 13.6. The van der Waals surface area contributed by atoms with Crippen LogP contribution in [-0.4, -0.2) is 29.3 Å². The fraction of sp³-hybridized carbons (Fsp3) is 0.444. The van der Waals surface area contributed by atoms with Crippen LogP contribution in [0.3, 0.4) is 0 Å². The average molecular weight is 313 g/mol. The Balaban J connectivity index is 1.76. The van der Waals surface area contributed by atoms with Crippen LogP contribution in [0.15, 0.2) is 30.5 Å². The molecule has 122 valence electrons. The van der Waals surface area contributed by atoms with E-state index < -0.39 is 0 Å². The molecule has 2 N–H and O–H groups in total. The molecule has 1 aliphatic rings. The van der Waals surface area contributed by atoms with E-state index in [1.165, 1.54) is 12.8 Å². The maximum absolute atomic E-state index is 12.6. The van der Waals surface area contributed by atoms with Gasteiger partial charge in [-0.25, -0.2) is 0 Å². The number of benzene rings is 1. The summed E-state index contributed by atoms with van der Waals surface area (Å²) in [5, 5.41) is 10.1. The molecule has 0 bridgehead atoms. The van der Waals surface area contributed by atoms with Crippen molar-refractivity contribution in [3.63, 3.8) is 0 Å². The zero-order valence-corrected chi connectivity index (χ0v) is 13.6. The number of hydrogen-bond donors (Lipinski definition) is 2. The molecule has 1 fully saturated rings. The van der Waals surface area contributed by atoms with E-state index in [1.54, 1.807) is 13.3 Å². The van der Waals surface area contributed by atoms with Crippen molar-refractivity contribution in [2.24, 2.45) is 5.92 Å². The summed E-state index contributed by atoms with van der Waals surface area (Å²) in [5.41, 5.74) is 2.20. The normalized spacial score (nSPS) is 21.0. The van der Waals surface area contributed by atoms with Crippen LogP contribution >= 0.6 is 0 Å². The van der Waals surface area contributed by atoms with Gasteiger partial charge in [0.25, 0.3) is 5.91 Å². The second-order valence-corrected chi connectivity index (χ2v) is 6.32. The Morgan fingerprint density at radius 2 is 2.09 bits per heavy atom. The van der Waals surface area contributed by atoms with Gasteiger partial charge in [0.1, 0.15) is 5.75 Å². The van der Waals surface area contributed by atoms with Gasteiger partial charge in [-0.1, -0.05) is 19.1 Å². The second-order valence-electron chi connectivity index (χ2n) is 6.32. The summed E-state index contributed by atoms with van der Waals surface area (Å²) in [4.78, 5) is 12.6. The number of nitrogens with one attached hydrogen (secondary N) is 2. The second kappa shape index (κ2) is 6.86. The first-order valence-electron chi connectivity index (χ1n) is 8.16. The number of hydrogen-bond acceptors (Lipinski definition) is 3. The van der Waals surface area contributed by atoms with Crippen LogP contribution in [0.2, 0.25) is 0 Å². The third kappa shape index (κ3) is 3.55. The molecule has 0 spiro atoms. The SMILES string of the molecule is COc1cccc(-c2[nH]ncc2C(=O)NC2CCC(C)CC2)c1. The molecule has 1 heterocycles. The largest absolute Gasteiger partial charge is 0.497 e. The summed E-state index contributed by atoms with van der Waals surface area (Å²) in [5.74, 6) is 1.46. The van der Waals surface area contributed by atoms with Crippen molar-refractivity contribution in [2.75, 3.05) is 7.11 Å². The molecule has 3 rings (SSSR count). The van der Waals surface area contributed by atoms with Gasteiger partial charge in [-0.2, -0.15) is 5.10 Å². The first-order chi connectivity index (χ1) is 11.2. The number of ether oxygens (including phenoxy) is 1. The quantitative estimate of drug-likeness (QED) is 0.909. The number of aromatic amines is 1. The van der Waals surface area contributed by atoms with Gasteiger partial charge in [0.2, 0.25) is 0 Å². The molecule has 0 radical (unpaired) electrons. The number of aromatic nitrogens is 2. The monoisotopic (exact) mass is 313 g/mol. The van der Waals surface area contributed by atoms with E-state index in [2.05, 4.69) is 22.4 Å². The zero-order chi connectivity index (χ0) is 16.2. The number of rotatable bonds is 4. The minimum atomic E-state index is -0.0591. The Morgan fingerprint density at radius 3 is 2.83 bits per heavy atom. The van der Waals surface area contributed by atoms with Gasteiger partial charge < -0.3 is 10.1 Å². The minimum Gasteiger partial charge on any atom is -0.497 e. The molecule has 0 unspecified atom stereocenters. The smallest absolute Gasteiger partial charge is 0.255 e. The molecule has 1 amide bonds. The van der Waals surface area contributed by atoms with Gasteiger partial charge in [0.05, 0.1) is 24.6 Å². The molecule has 23 heavy (non-hydrogen) atoms. The van der Waals surface area contributed by atoms with Crippen molar-refractivity contribution in [3.05, 3.63) is 36.0 Å². The van der Waals surface area contributed by atoms with Crippen LogP contribution in [-0.2, 0) is 0 Å². The van der Waals surface area contributed by atoms with Crippen molar-refractivity contribution in [1.29, 1.82) is 0 Å². The first-order valence-corrected chi connectivity index (χ1v) is 8.16. The average Bonchev–Trinajstić information content (AvgIpc) is 3.07. The summed E-state index contributed by atoms with van der Waals surface area (Å²) in [6.45, 7) is 2.27. The lowest BCUT2D eigenvalue weighted by molar-refractivity contribution is 0.0923. The molecule has 0 aliphatic heterocycles. The highest BCUT2D eigenvalue weighted by Gasteiger charge is 2.22. The maximum Gasteiger partial charge on any atom is 0.255 e. The van der Waals surface area contributed by atoms with E-state index in [0.29, 0.717) is 5.56 Å². The highest BCUT2D eigenvalue weighted by Crippen LogP contribution is 2.26. The molecule has 1 aliphatic carbocycles. The van der Waals surface area contributed by atoms with Crippen LogP contribution in [0.4, 0.5) is 0 Å². The van der Waals surface area contributed by atoms with Gasteiger partial charge >= 0.3 is 0 Å². The van der Waals surface area contributed by atoms with Gasteiger partial charge in [-0.15, -0.1) is 0 Å². The van der Waals surface area contributed by atoms with E-state index in [9.17, 15) is 4.79 Å². The maximum atomic E-state index is 12.6. The Labute approximate surface area is 136 Å². The van der Waals surface area contributed by atoms with Crippen molar-refractivity contribution in [1.82, 2.24) is 15.5 Å². The van der Waals surface area contributed by atoms with Crippen molar-refractivity contribution >= 4 is 5.91 Å². The minimum absolute atomic E-state index is 0.0591. The van der Waals surface area contributed by atoms with E-state index in [-0.39, 0.29) is 11.9 Å². The van der Waals surface area contributed by atoms with E-state index in [1.807, 2.05) is 24.3 Å². The Morgan fingerprint density at radius 1 is 1.30 bits per heavy atom. The summed E-state index contributed by atoms with van der Waals surface area (Å²) in [6, 6.07) is 7.88. The molecule has 2 aromatic rings. The number of H-pyrrole nitrogens is 1. The van der Waals surface area contributed by atoms with E-state index in [0.717, 1.165) is 35.8 Å². The summed E-state index contributed by atoms with van der Waals surface area (Å²) in [6.07, 6.45) is 6.06. The number of nitrogens with zero attached hydrogens (tertiary/aromatic N) is 1. The number of amides is 1. The van der Waals surface area contributed by atoms with Gasteiger partial charge in [-0.05, 0) is 43.7 Å². The molecular formula is C18H23N3O2. The Hall–Kier alpha value is -2.30. The Bertz CT molecular complexity index is 672. The van der Waals surface area contributed by atoms with Crippen LogP contribution in [0.1, 0.15) is 43.0 Å². The van der Waals surface area contributed by atoms with Crippen molar-refractivity contribution in [2.45, 2.75) is 38.6 Å². The lowest BCUT2D eigenvalue weighted by Crippen LogP contribution is -2.37. The van der Waals surface area contributed by atoms with Crippen LogP contribution in [0.25, 0.3) is 11.3 Å². The third-order valence-electron chi connectivity index (χ3n) is 4.59.